The summed E-state index contributed by atoms with van der Waals surface area (Å²) in [4.78, 5) is 4.32. The van der Waals surface area contributed by atoms with E-state index < -0.39 is 0 Å². The van der Waals surface area contributed by atoms with Gasteiger partial charge in [0.2, 0.25) is 0 Å². The monoisotopic (exact) mass is 412 g/mol. The van der Waals surface area contributed by atoms with E-state index >= 15 is 0 Å². The summed E-state index contributed by atoms with van der Waals surface area (Å²) in [7, 11) is 0. The maximum atomic E-state index is 5.72. The quantitative estimate of drug-likeness (QED) is 0.685. The topological polar surface area (TPSA) is 34.1 Å². The van der Waals surface area contributed by atoms with Crippen LogP contribution >= 0.6 is 31.9 Å². The Morgan fingerprint density at radius 1 is 1.24 bits per heavy atom. The molecule has 0 aliphatic carbocycles. The molecule has 2 aromatic rings. The highest BCUT2D eigenvalue weighted by atomic mass is 79.9. The minimum atomic E-state index is 0.654. The van der Waals surface area contributed by atoms with Crippen molar-refractivity contribution >= 4 is 31.9 Å². The molecule has 0 radical (unpaired) electrons. The number of pyridine rings is 1. The van der Waals surface area contributed by atoms with Crippen molar-refractivity contribution in [2.75, 3.05) is 13.2 Å². The molecule has 0 bridgehead atoms. The van der Waals surface area contributed by atoms with Crippen LogP contribution in [0.1, 0.15) is 18.2 Å². The van der Waals surface area contributed by atoms with E-state index in [1.807, 2.05) is 37.4 Å². The lowest BCUT2D eigenvalue weighted by atomic mass is 10.2. The van der Waals surface area contributed by atoms with Gasteiger partial charge in [0, 0.05) is 41.4 Å². The first-order valence-corrected chi connectivity index (χ1v) is 8.50. The van der Waals surface area contributed by atoms with Crippen LogP contribution in [0.15, 0.2) is 45.5 Å². The highest BCUT2D eigenvalue weighted by molar-refractivity contribution is 9.11. The minimum Gasteiger partial charge on any atom is -0.492 e. The molecular weight excluding hydrogens is 396 g/mol. The molecule has 0 spiro atoms. The maximum absolute atomic E-state index is 5.72. The molecule has 2 rings (SSSR count). The summed E-state index contributed by atoms with van der Waals surface area (Å²) >= 11 is 7.07. The second kappa shape index (κ2) is 8.51. The summed E-state index contributed by atoms with van der Waals surface area (Å²) in [6.45, 7) is 4.29. The Kier molecular flexibility index (Phi) is 6.67. The van der Waals surface area contributed by atoms with Gasteiger partial charge in [-0.2, -0.15) is 0 Å². The maximum Gasteiger partial charge on any atom is 0.138 e. The number of rotatable bonds is 7. The molecule has 0 unspecified atom stereocenters. The second-order valence-electron chi connectivity index (χ2n) is 4.56. The molecule has 1 aromatic carbocycles. The number of halogens is 2. The summed E-state index contributed by atoms with van der Waals surface area (Å²) in [5.74, 6) is 0.908. The van der Waals surface area contributed by atoms with Crippen LogP contribution in [0.25, 0.3) is 0 Å². The minimum absolute atomic E-state index is 0.654. The van der Waals surface area contributed by atoms with Crippen molar-refractivity contribution in [3.8, 4) is 5.75 Å². The van der Waals surface area contributed by atoms with Crippen molar-refractivity contribution in [1.29, 1.82) is 0 Å². The van der Waals surface area contributed by atoms with E-state index in [1.54, 1.807) is 0 Å². The lowest BCUT2D eigenvalue weighted by Gasteiger charge is -2.13. The Morgan fingerprint density at radius 2 is 2.10 bits per heavy atom. The third kappa shape index (κ3) is 5.09. The van der Waals surface area contributed by atoms with Crippen molar-refractivity contribution < 1.29 is 4.74 Å². The van der Waals surface area contributed by atoms with Crippen molar-refractivity contribution in [2.24, 2.45) is 0 Å². The first kappa shape index (κ1) is 16.5. The molecule has 112 valence electrons. The van der Waals surface area contributed by atoms with E-state index in [4.69, 9.17) is 4.74 Å². The molecule has 3 nitrogen and oxygen atoms in total. The van der Waals surface area contributed by atoms with Gasteiger partial charge in [-0.1, -0.05) is 22.0 Å². The van der Waals surface area contributed by atoms with E-state index in [1.165, 1.54) is 0 Å². The zero-order valence-electron chi connectivity index (χ0n) is 11.9. The fourth-order valence-electron chi connectivity index (χ4n) is 2.04. The first-order valence-electron chi connectivity index (χ1n) is 6.92. The van der Waals surface area contributed by atoms with Gasteiger partial charge in [-0.15, -0.1) is 0 Å². The van der Waals surface area contributed by atoms with Gasteiger partial charge in [0.1, 0.15) is 5.75 Å². The molecule has 0 amide bonds. The van der Waals surface area contributed by atoms with Gasteiger partial charge in [-0.25, -0.2) is 0 Å². The van der Waals surface area contributed by atoms with Gasteiger partial charge >= 0.3 is 0 Å². The lowest BCUT2D eigenvalue weighted by molar-refractivity contribution is 0.333. The van der Waals surface area contributed by atoms with Gasteiger partial charge in [0.05, 0.1) is 11.1 Å². The number of nitrogens with zero attached hydrogens (tertiary/aromatic N) is 1. The van der Waals surface area contributed by atoms with Crippen LogP contribution in [-0.2, 0) is 13.0 Å². The van der Waals surface area contributed by atoms with Gasteiger partial charge in [0.15, 0.2) is 0 Å². The third-order valence-electron chi connectivity index (χ3n) is 2.97. The lowest BCUT2D eigenvalue weighted by Crippen LogP contribution is -2.18. The van der Waals surface area contributed by atoms with Crippen LogP contribution < -0.4 is 10.1 Å². The predicted octanol–water partition coefficient (Wildman–Crippen LogP) is 4.34. The Hall–Kier alpha value is -0.910. The summed E-state index contributed by atoms with van der Waals surface area (Å²) in [6, 6.07) is 10.1. The van der Waals surface area contributed by atoms with E-state index in [-0.39, 0.29) is 0 Å². The fraction of sp³-hybridized carbons (Fsp3) is 0.312. The van der Waals surface area contributed by atoms with E-state index in [0.29, 0.717) is 6.61 Å². The SMILES string of the molecule is CCOc1c(Br)cc(Br)cc1CNCCc1ccccn1. The predicted molar refractivity (Wildman–Crippen MR) is 92.7 cm³/mol. The van der Waals surface area contributed by atoms with E-state index in [9.17, 15) is 0 Å². The fourth-order valence-corrected chi connectivity index (χ4v) is 3.46. The first-order chi connectivity index (χ1) is 10.2. The average molecular weight is 414 g/mol. The molecule has 0 fully saturated rings. The van der Waals surface area contributed by atoms with Crippen LogP contribution in [0.5, 0.6) is 5.75 Å². The molecule has 0 aliphatic rings. The highest BCUT2D eigenvalue weighted by Gasteiger charge is 2.09. The summed E-state index contributed by atoms with van der Waals surface area (Å²) in [5, 5.41) is 3.44. The second-order valence-corrected chi connectivity index (χ2v) is 6.33. The zero-order valence-corrected chi connectivity index (χ0v) is 15.1. The van der Waals surface area contributed by atoms with Gasteiger partial charge < -0.3 is 10.1 Å². The van der Waals surface area contributed by atoms with Crippen molar-refractivity contribution in [3.05, 3.63) is 56.7 Å². The van der Waals surface area contributed by atoms with Gasteiger partial charge in [0.25, 0.3) is 0 Å². The number of benzene rings is 1. The molecule has 0 saturated carbocycles. The smallest absolute Gasteiger partial charge is 0.138 e. The number of ether oxygens (including phenoxy) is 1. The number of hydrogen-bond acceptors (Lipinski definition) is 3. The largest absolute Gasteiger partial charge is 0.492 e. The standard InChI is InChI=1S/C16H18Br2N2O/c1-2-21-16-12(9-13(17)10-15(16)18)11-19-8-6-14-5-3-4-7-20-14/h3-5,7,9-10,19H,2,6,8,11H2,1H3. The summed E-state index contributed by atoms with van der Waals surface area (Å²) < 4.78 is 7.73. The Balaban J connectivity index is 1.93. The normalized spacial score (nSPS) is 10.6. The molecule has 1 aromatic heterocycles. The van der Waals surface area contributed by atoms with E-state index in [2.05, 4.69) is 48.2 Å². The van der Waals surface area contributed by atoms with Crippen LogP contribution in [-0.4, -0.2) is 18.1 Å². The molecule has 1 N–H and O–H groups in total. The van der Waals surface area contributed by atoms with Gasteiger partial charge in [-0.3, -0.25) is 4.98 Å². The van der Waals surface area contributed by atoms with Crippen molar-refractivity contribution in [1.82, 2.24) is 10.3 Å². The van der Waals surface area contributed by atoms with Crippen molar-refractivity contribution in [2.45, 2.75) is 19.9 Å². The molecule has 1 heterocycles. The molecule has 0 saturated heterocycles. The van der Waals surface area contributed by atoms with Gasteiger partial charge in [-0.05, 0) is 47.1 Å². The molecule has 5 heteroatoms. The average Bonchev–Trinajstić information content (AvgIpc) is 2.48. The zero-order chi connectivity index (χ0) is 15.1. The molecule has 21 heavy (non-hydrogen) atoms. The highest BCUT2D eigenvalue weighted by Crippen LogP contribution is 2.32. The number of aromatic nitrogens is 1. The Labute approximate surface area is 142 Å². The molecular formula is C16H18Br2N2O. The number of hydrogen-bond donors (Lipinski definition) is 1. The molecule has 0 atom stereocenters. The summed E-state index contributed by atoms with van der Waals surface area (Å²) in [5.41, 5.74) is 2.24. The van der Waals surface area contributed by atoms with E-state index in [0.717, 1.165) is 45.5 Å². The number of nitrogens with one attached hydrogen (secondary N) is 1. The van der Waals surface area contributed by atoms with Crippen LogP contribution in [0, 0.1) is 0 Å². The Morgan fingerprint density at radius 3 is 2.81 bits per heavy atom. The Bertz CT molecular complexity index is 576. The van der Waals surface area contributed by atoms with Crippen LogP contribution in [0.4, 0.5) is 0 Å². The van der Waals surface area contributed by atoms with Crippen LogP contribution in [0.2, 0.25) is 0 Å². The van der Waals surface area contributed by atoms with Crippen LogP contribution in [0.3, 0.4) is 0 Å². The van der Waals surface area contributed by atoms with Crippen molar-refractivity contribution in [3.63, 3.8) is 0 Å². The molecule has 0 aliphatic heterocycles. The third-order valence-corrected chi connectivity index (χ3v) is 4.02. The summed E-state index contributed by atoms with van der Waals surface area (Å²) in [6.07, 6.45) is 2.74.